The van der Waals surface area contributed by atoms with Crippen LogP contribution in [0.3, 0.4) is 0 Å². The third-order valence-electron chi connectivity index (χ3n) is 2.99. The zero-order valence-electron chi connectivity index (χ0n) is 11.8. The zero-order chi connectivity index (χ0) is 15.6. The summed E-state index contributed by atoms with van der Waals surface area (Å²) >= 11 is 17.7. The van der Waals surface area contributed by atoms with Gasteiger partial charge >= 0.3 is 0 Å². The van der Waals surface area contributed by atoms with Gasteiger partial charge in [0.1, 0.15) is 5.15 Å². The summed E-state index contributed by atoms with van der Waals surface area (Å²) in [6, 6.07) is 5.75. The van der Waals surface area contributed by atoms with E-state index >= 15 is 0 Å². The summed E-state index contributed by atoms with van der Waals surface area (Å²) in [4.78, 5) is 4.04. The van der Waals surface area contributed by atoms with Crippen LogP contribution >= 0.6 is 34.8 Å². The van der Waals surface area contributed by atoms with Crippen molar-refractivity contribution < 1.29 is 0 Å². The molecular weight excluding hydrogens is 329 g/mol. The molecule has 1 heterocycles. The lowest BCUT2D eigenvalue weighted by atomic mass is 10.0. The van der Waals surface area contributed by atoms with E-state index in [1.807, 2.05) is 13.8 Å². The maximum absolute atomic E-state index is 6.02. The van der Waals surface area contributed by atoms with E-state index in [9.17, 15) is 0 Å². The fourth-order valence-electron chi connectivity index (χ4n) is 2.08. The van der Waals surface area contributed by atoms with Crippen molar-refractivity contribution in [3.63, 3.8) is 0 Å². The number of hydrazone groups is 1. The van der Waals surface area contributed by atoms with E-state index in [0.29, 0.717) is 15.9 Å². The highest BCUT2D eigenvalue weighted by Crippen LogP contribution is 2.28. The van der Waals surface area contributed by atoms with Crippen LogP contribution in [-0.2, 0) is 0 Å². The Bertz CT molecular complexity index is 689. The van der Waals surface area contributed by atoms with Gasteiger partial charge in [-0.3, -0.25) is 5.43 Å². The van der Waals surface area contributed by atoms with Crippen LogP contribution in [0.2, 0.25) is 15.2 Å². The van der Waals surface area contributed by atoms with Gasteiger partial charge in [0.2, 0.25) is 0 Å². The summed E-state index contributed by atoms with van der Waals surface area (Å²) in [7, 11) is 0. The van der Waals surface area contributed by atoms with E-state index in [0.717, 1.165) is 16.7 Å². The lowest BCUT2D eigenvalue weighted by Crippen LogP contribution is -1.98. The Labute approximate surface area is 138 Å². The zero-order valence-corrected chi connectivity index (χ0v) is 14.1. The Balaban J connectivity index is 2.22. The molecule has 0 unspecified atom stereocenters. The van der Waals surface area contributed by atoms with Crippen LogP contribution in [0.4, 0.5) is 5.82 Å². The number of aromatic nitrogens is 1. The number of aryl methyl sites for hydroxylation is 3. The molecule has 1 aromatic carbocycles. The molecule has 0 fully saturated rings. The highest BCUT2D eigenvalue weighted by Gasteiger charge is 2.07. The van der Waals surface area contributed by atoms with E-state index in [1.165, 1.54) is 11.6 Å². The number of anilines is 1. The Morgan fingerprint density at radius 2 is 1.62 bits per heavy atom. The number of benzene rings is 1. The van der Waals surface area contributed by atoms with Gasteiger partial charge in [-0.15, -0.1) is 0 Å². The number of halogens is 3. The summed E-state index contributed by atoms with van der Waals surface area (Å²) in [6.45, 7) is 6.16. The lowest BCUT2D eigenvalue weighted by molar-refractivity contribution is 1.22. The third-order valence-corrected chi connectivity index (χ3v) is 3.95. The molecule has 3 nitrogen and oxygen atoms in total. The monoisotopic (exact) mass is 341 g/mol. The number of hydrogen-bond donors (Lipinski definition) is 1. The molecule has 0 saturated heterocycles. The number of hydrogen-bond acceptors (Lipinski definition) is 3. The maximum atomic E-state index is 6.02. The fourth-order valence-corrected chi connectivity index (χ4v) is 2.62. The van der Waals surface area contributed by atoms with E-state index in [-0.39, 0.29) is 5.15 Å². The van der Waals surface area contributed by atoms with Crippen molar-refractivity contribution in [2.75, 3.05) is 5.43 Å². The molecule has 1 aromatic heterocycles. The van der Waals surface area contributed by atoms with Crippen molar-refractivity contribution in [2.24, 2.45) is 5.10 Å². The molecule has 0 aliphatic heterocycles. The third kappa shape index (κ3) is 3.88. The Hall–Kier alpha value is -1.29. The van der Waals surface area contributed by atoms with Crippen molar-refractivity contribution in [3.05, 3.63) is 55.7 Å². The Kier molecular flexibility index (Phi) is 5.09. The van der Waals surface area contributed by atoms with E-state index in [2.05, 4.69) is 34.6 Å². The van der Waals surface area contributed by atoms with Gasteiger partial charge in [0.05, 0.1) is 16.3 Å². The van der Waals surface area contributed by atoms with Crippen LogP contribution < -0.4 is 5.43 Å². The number of nitrogens with zero attached hydrogens (tertiary/aromatic N) is 2. The Morgan fingerprint density at radius 1 is 1.00 bits per heavy atom. The first-order valence-corrected chi connectivity index (χ1v) is 7.40. The first-order chi connectivity index (χ1) is 9.88. The molecule has 6 heteroatoms. The van der Waals surface area contributed by atoms with Gasteiger partial charge in [0, 0.05) is 5.56 Å². The molecule has 2 rings (SSSR count). The van der Waals surface area contributed by atoms with Gasteiger partial charge in [0.25, 0.3) is 0 Å². The highest BCUT2D eigenvalue weighted by molar-refractivity contribution is 6.42. The average molecular weight is 343 g/mol. The smallest absolute Gasteiger partial charge is 0.166 e. The van der Waals surface area contributed by atoms with Crippen LogP contribution in [0, 0.1) is 20.8 Å². The van der Waals surface area contributed by atoms with E-state index < -0.39 is 0 Å². The van der Waals surface area contributed by atoms with Gasteiger partial charge in [-0.1, -0.05) is 52.5 Å². The quantitative estimate of drug-likeness (QED) is 0.460. The fraction of sp³-hybridized carbons (Fsp3) is 0.200. The summed E-state index contributed by atoms with van der Waals surface area (Å²) in [5.41, 5.74) is 7.38. The van der Waals surface area contributed by atoms with Crippen molar-refractivity contribution >= 4 is 46.8 Å². The minimum atomic E-state index is 0.182. The molecular formula is C15H14Cl3N3. The molecule has 0 atom stereocenters. The van der Waals surface area contributed by atoms with Crippen molar-refractivity contribution in [3.8, 4) is 0 Å². The van der Waals surface area contributed by atoms with Crippen LogP contribution in [0.25, 0.3) is 0 Å². The molecule has 0 amide bonds. The van der Waals surface area contributed by atoms with Gasteiger partial charge in [-0.05, 0) is 38.0 Å². The SMILES string of the molecule is Cc1cc(C)c(/C=N\Nc2nc(Cl)c(Cl)cc2Cl)c(C)c1. The molecule has 21 heavy (non-hydrogen) atoms. The molecule has 0 aliphatic rings. The normalized spacial score (nSPS) is 11.1. The molecule has 0 radical (unpaired) electrons. The van der Waals surface area contributed by atoms with Crippen molar-refractivity contribution in [1.82, 2.24) is 4.98 Å². The minimum absolute atomic E-state index is 0.182. The second-order valence-corrected chi connectivity index (χ2v) is 5.95. The van der Waals surface area contributed by atoms with Crippen LogP contribution in [0.5, 0.6) is 0 Å². The first-order valence-electron chi connectivity index (χ1n) is 6.27. The molecule has 2 aromatic rings. The summed E-state index contributed by atoms with van der Waals surface area (Å²) < 4.78 is 0. The molecule has 0 aliphatic carbocycles. The average Bonchev–Trinajstić information content (AvgIpc) is 2.38. The van der Waals surface area contributed by atoms with Crippen molar-refractivity contribution in [2.45, 2.75) is 20.8 Å². The van der Waals surface area contributed by atoms with Crippen LogP contribution in [0.15, 0.2) is 23.3 Å². The summed E-state index contributed by atoms with van der Waals surface area (Å²) in [6.07, 6.45) is 1.74. The molecule has 0 spiro atoms. The standard InChI is InChI=1S/C15H14Cl3N3/c1-8-4-9(2)11(10(3)5-8)7-19-21-15-13(17)6-12(16)14(18)20-15/h4-7H,1-3H3,(H,20,21)/b19-7-. The predicted molar refractivity (Wildman–Crippen MR) is 91.1 cm³/mol. The summed E-state index contributed by atoms with van der Waals surface area (Å²) in [5, 5.41) is 5.02. The largest absolute Gasteiger partial charge is 0.260 e. The topological polar surface area (TPSA) is 37.3 Å². The summed E-state index contributed by atoms with van der Waals surface area (Å²) in [5.74, 6) is 0.365. The Morgan fingerprint density at radius 3 is 2.24 bits per heavy atom. The minimum Gasteiger partial charge on any atom is -0.260 e. The number of nitrogens with one attached hydrogen (secondary N) is 1. The number of rotatable bonds is 3. The van der Waals surface area contributed by atoms with E-state index in [1.54, 1.807) is 6.21 Å². The van der Waals surface area contributed by atoms with Gasteiger partial charge < -0.3 is 0 Å². The van der Waals surface area contributed by atoms with Gasteiger partial charge in [0.15, 0.2) is 5.82 Å². The molecule has 110 valence electrons. The predicted octanol–water partition coefficient (Wildman–Crippen LogP) is 5.41. The van der Waals surface area contributed by atoms with Crippen molar-refractivity contribution in [1.29, 1.82) is 0 Å². The van der Waals surface area contributed by atoms with Gasteiger partial charge in [-0.25, -0.2) is 4.98 Å². The molecule has 0 saturated carbocycles. The highest BCUT2D eigenvalue weighted by atomic mass is 35.5. The number of pyridine rings is 1. The van der Waals surface area contributed by atoms with Gasteiger partial charge in [-0.2, -0.15) is 5.10 Å². The molecule has 0 bridgehead atoms. The van der Waals surface area contributed by atoms with Crippen LogP contribution in [0.1, 0.15) is 22.3 Å². The second-order valence-electron chi connectivity index (χ2n) is 4.77. The maximum Gasteiger partial charge on any atom is 0.166 e. The molecule has 1 N–H and O–H groups in total. The second kappa shape index (κ2) is 6.65. The van der Waals surface area contributed by atoms with E-state index in [4.69, 9.17) is 34.8 Å². The van der Waals surface area contributed by atoms with Crippen LogP contribution in [-0.4, -0.2) is 11.2 Å². The first kappa shape index (κ1) is 16.1. The lowest BCUT2D eigenvalue weighted by Gasteiger charge is -2.07.